The van der Waals surface area contributed by atoms with Crippen molar-refractivity contribution in [3.05, 3.63) is 136 Å². The maximum Gasteiger partial charge on any atom is 0.275 e. The second-order valence-electron chi connectivity index (χ2n) is 9.17. The summed E-state index contributed by atoms with van der Waals surface area (Å²) in [6.45, 7) is 5.91. The van der Waals surface area contributed by atoms with E-state index in [1.54, 1.807) is 19.2 Å². The Balaban J connectivity index is 1.70. The molecule has 184 valence electrons. The highest BCUT2D eigenvalue weighted by atomic mass is 16.5. The largest absolute Gasteiger partial charge is 0.497 e. The zero-order valence-corrected chi connectivity index (χ0v) is 21.1. The molecule has 1 amide bonds. The molecular formula is C31H32N2O3. The molecule has 5 heteroatoms. The summed E-state index contributed by atoms with van der Waals surface area (Å²) in [6.07, 6.45) is 0. The zero-order chi connectivity index (χ0) is 25.7. The van der Waals surface area contributed by atoms with Gasteiger partial charge in [0.1, 0.15) is 5.75 Å². The first-order valence-electron chi connectivity index (χ1n) is 11.9. The second kappa shape index (κ2) is 10.8. The van der Waals surface area contributed by atoms with Gasteiger partial charge in [-0.05, 0) is 55.2 Å². The molecule has 1 unspecified atom stereocenters. The van der Waals surface area contributed by atoms with Crippen LogP contribution < -0.4 is 15.6 Å². The summed E-state index contributed by atoms with van der Waals surface area (Å²) < 4.78 is 5.31. The molecule has 0 aliphatic rings. The number of amides is 1. The molecule has 4 aromatic rings. The molecule has 0 saturated heterocycles. The summed E-state index contributed by atoms with van der Waals surface area (Å²) >= 11 is 0. The molecule has 0 saturated carbocycles. The fraction of sp³-hybridized carbons (Fsp3) is 0.194. The molecule has 4 rings (SSSR count). The average molecular weight is 481 g/mol. The average Bonchev–Trinajstić information content (AvgIpc) is 2.88. The van der Waals surface area contributed by atoms with E-state index in [2.05, 4.69) is 16.9 Å². The van der Waals surface area contributed by atoms with Gasteiger partial charge in [0.25, 0.3) is 5.91 Å². The first kappa shape index (κ1) is 25.2. The van der Waals surface area contributed by atoms with E-state index in [9.17, 15) is 9.90 Å². The maximum atomic E-state index is 13.8. The van der Waals surface area contributed by atoms with Crippen LogP contribution in [0.5, 0.6) is 5.75 Å². The number of ether oxygens (including phenoxy) is 1. The van der Waals surface area contributed by atoms with Crippen molar-refractivity contribution in [2.24, 2.45) is 0 Å². The van der Waals surface area contributed by atoms with Gasteiger partial charge >= 0.3 is 0 Å². The number of nitrogens with one attached hydrogen (secondary N) is 2. The van der Waals surface area contributed by atoms with Gasteiger partial charge in [0.2, 0.25) is 0 Å². The Morgan fingerprint density at radius 2 is 1.28 bits per heavy atom. The van der Waals surface area contributed by atoms with E-state index in [0.29, 0.717) is 11.1 Å². The molecule has 3 N–H and O–H groups in total. The third-order valence-corrected chi connectivity index (χ3v) is 6.35. The van der Waals surface area contributed by atoms with Crippen molar-refractivity contribution in [2.75, 3.05) is 7.11 Å². The zero-order valence-electron chi connectivity index (χ0n) is 21.1. The normalized spacial score (nSPS) is 12.1. The highest BCUT2D eigenvalue weighted by Gasteiger charge is 2.40. The van der Waals surface area contributed by atoms with Crippen molar-refractivity contribution >= 4 is 5.91 Å². The summed E-state index contributed by atoms with van der Waals surface area (Å²) in [5.74, 6) is 0.184. The fourth-order valence-corrected chi connectivity index (χ4v) is 4.40. The summed E-state index contributed by atoms with van der Waals surface area (Å²) in [5, 5.41) is 12.0. The van der Waals surface area contributed by atoms with Gasteiger partial charge in [0.05, 0.1) is 13.2 Å². The molecule has 0 radical (unpaired) electrons. The van der Waals surface area contributed by atoms with Crippen LogP contribution in [0.2, 0.25) is 0 Å². The van der Waals surface area contributed by atoms with Gasteiger partial charge in [-0.2, -0.15) is 0 Å². The lowest BCUT2D eigenvalue weighted by molar-refractivity contribution is -0.138. The molecule has 0 aliphatic heterocycles. The van der Waals surface area contributed by atoms with Crippen LogP contribution in [-0.2, 0) is 10.4 Å². The van der Waals surface area contributed by atoms with E-state index in [1.807, 2.05) is 99.6 Å². The minimum Gasteiger partial charge on any atom is -0.497 e. The molecule has 4 aromatic carbocycles. The highest BCUT2D eigenvalue weighted by Crippen LogP contribution is 2.32. The van der Waals surface area contributed by atoms with Gasteiger partial charge in [-0.1, -0.05) is 102 Å². The van der Waals surface area contributed by atoms with Crippen LogP contribution in [0.1, 0.15) is 45.0 Å². The molecule has 0 spiro atoms. The van der Waals surface area contributed by atoms with Crippen molar-refractivity contribution < 1.29 is 14.6 Å². The minimum absolute atomic E-state index is 0.348. The predicted octanol–water partition coefficient (Wildman–Crippen LogP) is 5.27. The van der Waals surface area contributed by atoms with Crippen molar-refractivity contribution in [1.82, 2.24) is 10.9 Å². The van der Waals surface area contributed by atoms with Crippen LogP contribution in [0, 0.1) is 20.8 Å². The fourth-order valence-electron chi connectivity index (χ4n) is 4.40. The van der Waals surface area contributed by atoms with Crippen molar-refractivity contribution in [3.63, 3.8) is 0 Å². The maximum absolute atomic E-state index is 13.8. The Morgan fingerprint density at radius 3 is 1.78 bits per heavy atom. The molecule has 0 aromatic heterocycles. The van der Waals surface area contributed by atoms with Crippen molar-refractivity contribution in [2.45, 2.75) is 32.4 Å². The van der Waals surface area contributed by atoms with Crippen LogP contribution in [0.15, 0.2) is 97.1 Å². The van der Waals surface area contributed by atoms with E-state index >= 15 is 0 Å². The Labute approximate surface area is 212 Å². The summed E-state index contributed by atoms with van der Waals surface area (Å²) in [5.41, 5.74) is 10.1. The first-order valence-corrected chi connectivity index (χ1v) is 11.9. The SMILES string of the molecule is COc1ccc(C(NNC(=O)C(O)(c2cccc(C)c2)c2cccc(C)c2)c2cccc(C)c2)cc1. The lowest BCUT2D eigenvalue weighted by Gasteiger charge is -2.30. The molecular weight excluding hydrogens is 448 g/mol. The van der Waals surface area contributed by atoms with E-state index in [4.69, 9.17) is 4.74 Å². The van der Waals surface area contributed by atoms with E-state index < -0.39 is 11.5 Å². The monoisotopic (exact) mass is 480 g/mol. The predicted molar refractivity (Wildman–Crippen MR) is 143 cm³/mol. The van der Waals surface area contributed by atoms with Crippen molar-refractivity contribution in [1.29, 1.82) is 0 Å². The standard InChI is InChI=1S/C31H32N2O3/c1-21-8-5-11-25(18-21)29(24-14-16-28(36-4)17-15-24)32-33-30(34)31(35,26-12-6-9-22(2)19-26)27-13-7-10-23(3)20-27/h5-20,29,32,35H,1-4H3,(H,33,34). The minimum atomic E-state index is -1.89. The summed E-state index contributed by atoms with van der Waals surface area (Å²) in [7, 11) is 1.63. The number of hydrazine groups is 1. The van der Waals surface area contributed by atoms with Crippen LogP contribution in [0.25, 0.3) is 0 Å². The number of carbonyl (C=O) groups excluding carboxylic acids is 1. The molecule has 0 fully saturated rings. The molecule has 0 aliphatic carbocycles. The molecule has 5 nitrogen and oxygen atoms in total. The van der Waals surface area contributed by atoms with Crippen LogP contribution >= 0.6 is 0 Å². The summed E-state index contributed by atoms with van der Waals surface area (Å²) in [4.78, 5) is 13.8. The third-order valence-electron chi connectivity index (χ3n) is 6.35. The molecule has 0 heterocycles. The lowest BCUT2D eigenvalue weighted by Crippen LogP contribution is -2.51. The third kappa shape index (κ3) is 5.33. The number of aliphatic hydroxyl groups is 1. The van der Waals surface area contributed by atoms with Gasteiger partial charge in [-0.15, -0.1) is 0 Å². The number of hydrogen-bond donors (Lipinski definition) is 3. The molecule has 36 heavy (non-hydrogen) atoms. The Kier molecular flexibility index (Phi) is 7.53. The number of aryl methyl sites for hydroxylation is 3. The summed E-state index contributed by atoms with van der Waals surface area (Å²) in [6, 6.07) is 30.2. The van der Waals surface area contributed by atoms with E-state index in [0.717, 1.165) is 33.6 Å². The number of carbonyl (C=O) groups is 1. The van der Waals surface area contributed by atoms with Crippen LogP contribution in [0.3, 0.4) is 0 Å². The number of methoxy groups -OCH3 is 1. The van der Waals surface area contributed by atoms with Gasteiger partial charge in [-0.25, -0.2) is 5.43 Å². The van der Waals surface area contributed by atoms with Crippen molar-refractivity contribution in [3.8, 4) is 5.75 Å². The smallest absolute Gasteiger partial charge is 0.275 e. The van der Waals surface area contributed by atoms with E-state index in [1.165, 1.54) is 0 Å². The Morgan fingerprint density at radius 1 is 0.750 bits per heavy atom. The van der Waals surface area contributed by atoms with E-state index in [-0.39, 0.29) is 6.04 Å². The van der Waals surface area contributed by atoms with Crippen LogP contribution in [0.4, 0.5) is 0 Å². The van der Waals surface area contributed by atoms with Gasteiger partial charge < -0.3 is 9.84 Å². The van der Waals surface area contributed by atoms with Gasteiger partial charge in [0, 0.05) is 0 Å². The van der Waals surface area contributed by atoms with Crippen LogP contribution in [-0.4, -0.2) is 18.1 Å². The molecule has 0 bridgehead atoms. The first-order chi connectivity index (χ1) is 17.3. The Hall–Kier alpha value is -3.93. The Bertz CT molecular complexity index is 1300. The quantitative estimate of drug-likeness (QED) is 0.301. The second-order valence-corrected chi connectivity index (χ2v) is 9.17. The molecule has 1 atom stereocenters. The van der Waals surface area contributed by atoms with Gasteiger partial charge in [0.15, 0.2) is 5.60 Å². The highest BCUT2D eigenvalue weighted by molar-refractivity contribution is 5.90. The number of rotatable bonds is 8. The topological polar surface area (TPSA) is 70.6 Å². The number of benzene rings is 4. The van der Waals surface area contributed by atoms with Gasteiger partial charge in [-0.3, -0.25) is 10.2 Å². The lowest BCUT2D eigenvalue weighted by atomic mass is 9.84. The number of hydrogen-bond acceptors (Lipinski definition) is 4.